The second-order valence-corrected chi connectivity index (χ2v) is 4.28. The summed E-state index contributed by atoms with van der Waals surface area (Å²) in [5, 5.41) is 0. The molecule has 0 aliphatic rings. The van der Waals surface area contributed by atoms with Crippen molar-refractivity contribution in [3.05, 3.63) is 57.4 Å². The standard InChI is InChI=1S/C15H16O2/c1-4-13-11(3)9-14(16)17-15(13)12-7-5-10(2)6-8-12/h5-9H,4H2,1-3H3. The molecule has 0 saturated carbocycles. The largest absolute Gasteiger partial charge is 0.422 e. The topological polar surface area (TPSA) is 30.2 Å². The van der Waals surface area contributed by atoms with Gasteiger partial charge in [0.2, 0.25) is 0 Å². The molecule has 1 heterocycles. The fourth-order valence-electron chi connectivity index (χ4n) is 2.01. The number of hydrogen-bond donors (Lipinski definition) is 0. The van der Waals surface area contributed by atoms with Crippen LogP contribution in [0, 0.1) is 13.8 Å². The van der Waals surface area contributed by atoms with E-state index in [4.69, 9.17) is 4.42 Å². The van der Waals surface area contributed by atoms with E-state index in [1.54, 1.807) is 6.07 Å². The van der Waals surface area contributed by atoms with Gasteiger partial charge < -0.3 is 4.42 Å². The molecule has 88 valence electrons. The van der Waals surface area contributed by atoms with Crippen LogP contribution in [0.3, 0.4) is 0 Å². The Morgan fingerprint density at radius 3 is 2.35 bits per heavy atom. The smallest absolute Gasteiger partial charge is 0.336 e. The van der Waals surface area contributed by atoms with Crippen LogP contribution in [0.15, 0.2) is 39.5 Å². The second-order valence-electron chi connectivity index (χ2n) is 4.28. The monoisotopic (exact) mass is 228 g/mol. The summed E-state index contributed by atoms with van der Waals surface area (Å²) in [6.07, 6.45) is 0.860. The third-order valence-electron chi connectivity index (χ3n) is 2.95. The quantitative estimate of drug-likeness (QED) is 0.787. The van der Waals surface area contributed by atoms with Gasteiger partial charge in [-0.2, -0.15) is 0 Å². The summed E-state index contributed by atoms with van der Waals surface area (Å²) in [6.45, 7) is 6.06. The average Bonchev–Trinajstić information content (AvgIpc) is 2.29. The van der Waals surface area contributed by atoms with Crippen LogP contribution in [0.2, 0.25) is 0 Å². The molecular weight excluding hydrogens is 212 g/mol. The van der Waals surface area contributed by atoms with Crippen LogP contribution in [-0.4, -0.2) is 0 Å². The molecular formula is C15H16O2. The van der Waals surface area contributed by atoms with Crippen molar-refractivity contribution in [2.24, 2.45) is 0 Å². The van der Waals surface area contributed by atoms with Gasteiger partial charge in [0.25, 0.3) is 0 Å². The maximum absolute atomic E-state index is 11.5. The molecule has 2 aromatic rings. The van der Waals surface area contributed by atoms with Gasteiger partial charge in [0.05, 0.1) is 0 Å². The zero-order valence-electron chi connectivity index (χ0n) is 10.4. The van der Waals surface area contributed by atoms with E-state index in [0.29, 0.717) is 5.76 Å². The lowest BCUT2D eigenvalue weighted by Crippen LogP contribution is -2.03. The van der Waals surface area contributed by atoms with Gasteiger partial charge in [-0.05, 0) is 31.4 Å². The van der Waals surface area contributed by atoms with Crippen molar-refractivity contribution in [1.29, 1.82) is 0 Å². The third kappa shape index (κ3) is 2.31. The fourth-order valence-corrected chi connectivity index (χ4v) is 2.01. The Labute approximate surface area is 101 Å². The summed E-state index contributed by atoms with van der Waals surface area (Å²) in [4.78, 5) is 11.5. The van der Waals surface area contributed by atoms with Crippen LogP contribution < -0.4 is 5.63 Å². The van der Waals surface area contributed by atoms with Crippen molar-refractivity contribution in [2.45, 2.75) is 27.2 Å². The van der Waals surface area contributed by atoms with Crippen LogP contribution >= 0.6 is 0 Å². The first-order valence-electron chi connectivity index (χ1n) is 5.82. The van der Waals surface area contributed by atoms with Gasteiger partial charge in [-0.15, -0.1) is 0 Å². The molecule has 2 nitrogen and oxygen atoms in total. The molecule has 0 bridgehead atoms. The Hall–Kier alpha value is -1.83. The first kappa shape index (κ1) is 11.6. The van der Waals surface area contributed by atoms with Crippen LogP contribution in [0.5, 0.6) is 0 Å². The van der Waals surface area contributed by atoms with Crippen molar-refractivity contribution in [3.8, 4) is 11.3 Å². The van der Waals surface area contributed by atoms with Crippen molar-refractivity contribution in [2.75, 3.05) is 0 Å². The van der Waals surface area contributed by atoms with E-state index in [1.807, 2.05) is 38.1 Å². The Morgan fingerprint density at radius 1 is 1.12 bits per heavy atom. The Morgan fingerprint density at radius 2 is 1.76 bits per heavy atom. The van der Waals surface area contributed by atoms with Crippen molar-refractivity contribution < 1.29 is 4.42 Å². The second kappa shape index (κ2) is 4.58. The van der Waals surface area contributed by atoms with E-state index >= 15 is 0 Å². The Balaban J connectivity index is 2.65. The average molecular weight is 228 g/mol. The van der Waals surface area contributed by atoms with Crippen LogP contribution in [0.4, 0.5) is 0 Å². The van der Waals surface area contributed by atoms with Crippen LogP contribution in [-0.2, 0) is 6.42 Å². The molecule has 2 heteroatoms. The van der Waals surface area contributed by atoms with E-state index in [2.05, 4.69) is 6.92 Å². The Kier molecular flexibility index (Phi) is 3.14. The summed E-state index contributed by atoms with van der Waals surface area (Å²) in [5.74, 6) is 0.706. The van der Waals surface area contributed by atoms with Gasteiger partial charge in [-0.1, -0.05) is 36.8 Å². The van der Waals surface area contributed by atoms with E-state index < -0.39 is 0 Å². The van der Waals surface area contributed by atoms with Crippen molar-refractivity contribution in [3.63, 3.8) is 0 Å². The zero-order valence-corrected chi connectivity index (χ0v) is 10.4. The number of hydrogen-bond acceptors (Lipinski definition) is 2. The molecule has 17 heavy (non-hydrogen) atoms. The predicted molar refractivity (Wildman–Crippen MR) is 69.3 cm³/mol. The lowest BCUT2D eigenvalue weighted by molar-refractivity contribution is 0.518. The highest BCUT2D eigenvalue weighted by Crippen LogP contribution is 2.25. The van der Waals surface area contributed by atoms with Gasteiger partial charge in [0, 0.05) is 11.6 Å². The van der Waals surface area contributed by atoms with Gasteiger partial charge in [-0.25, -0.2) is 4.79 Å². The summed E-state index contributed by atoms with van der Waals surface area (Å²) in [7, 11) is 0. The maximum atomic E-state index is 11.5. The molecule has 0 N–H and O–H groups in total. The van der Waals surface area contributed by atoms with E-state index in [9.17, 15) is 4.79 Å². The summed E-state index contributed by atoms with van der Waals surface area (Å²) in [5.41, 5.74) is 3.98. The van der Waals surface area contributed by atoms with Gasteiger partial charge >= 0.3 is 5.63 Å². The number of rotatable bonds is 2. The highest BCUT2D eigenvalue weighted by atomic mass is 16.4. The first-order valence-corrected chi connectivity index (χ1v) is 5.82. The molecule has 0 spiro atoms. The highest BCUT2D eigenvalue weighted by Gasteiger charge is 2.10. The highest BCUT2D eigenvalue weighted by molar-refractivity contribution is 5.62. The molecule has 0 atom stereocenters. The van der Waals surface area contributed by atoms with Crippen molar-refractivity contribution in [1.82, 2.24) is 0 Å². The first-order chi connectivity index (χ1) is 8.11. The molecule has 0 aliphatic heterocycles. The molecule has 0 unspecified atom stereocenters. The minimum atomic E-state index is -0.282. The van der Waals surface area contributed by atoms with Gasteiger partial charge in [0.1, 0.15) is 5.76 Å². The summed E-state index contributed by atoms with van der Waals surface area (Å²) < 4.78 is 5.35. The van der Waals surface area contributed by atoms with E-state index in [0.717, 1.165) is 23.1 Å². The zero-order chi connectivity index (χ0) is 12.4. The van der Waals surface area contributed by atoms with E-state index in [1.165, 1.54) is 5.56 Å². The molecule has 0 saturated heterocycles. The van der Waals surface area contributed by atoms with Gasteiger partial charge in [0.15, 0.2) is 0 Å². The third-order valence-corrected chi connectivity index (χ3v) is 2.95. The molecule has 0 fully saturated rings. The van der Waals surface area contributed by atoms with Crippen LogP contribution in [0.25, 0.3) is 11.3 Å². The molecule has 0 radical (unpaired) electrons. The normalized spacial score (nSPS) is 10.5. The molecule has 2 rings (SSSR count). The van der Waals surface area contributed by atoms with Crippen LogP contribution in [0.1, 0.15) is 23.6 Å². The number of aryl methyl sites for hydroxylation is 2. The summed E-state index contributed by atoms with van der Waals surface area (Å²) >= 11 is 0. The maximum Gasteiger partial charge on any atom is 0.336 e. The fraction of sp³-hybridized carbons (Fsp3) is 0.267. The lowest BCUT2D eigenvalue weighted by Gasteiger charge is -2.09. The van der Waals surface area contributed by atoms with Gasteiger partial charge in [-0.3, -0.25) is 0 Å². The molecule has 0 aliphatic carbocycles. The Bertz CT molecular complexity index is 577. The number of benzene rings is 1. The SMILES string of the molecule is CCc1c(C)cc(=O)oc1-c1ccc(C)cc1. The minimum Gasteiger partial charge on any atom is -0.422 e. The van der Waals surface area contributed by atoms with E-state index in [-0.39, 0.29) is 5.63 Å². The lowest BCUT2D eigenvalue weighted by atomic mass is 10.0. The molecule has 1 aromatic heterocycles. The predicted octanol–water partition coefficient (Wildman–Crippen LogP) is 3.49. The molecule has 0 amide bonds. The minimum absolute atomic E-state index is 0.282. The molecule has 1 aromatic carbocycles. The summed E-state index contributed by atoms with van der Waals surface area (Å²) in [6, 6.07) is 9.59. The van der Waals surface area contributed by atoms with Crippen molar-refractivity contribution >= 4 is 0 Å².